The van der Waals surface area contributed by atoms with Crippen molar-refractivity contribution in [2.75, 3.05) is 12.3 Å². The lowest BCUT2D eigenvalue weighted by Crippen LogP contribution is -2.67. The van der Waals surface area contributed by atoms with E-state index in [0.29, 0.717) is 18.8 Å². The number of rotatable bonds is 7. The van der Waals surface area contributed by atoms with Crippen molar-refractivity contribution in [2.24, 2.45) is 40.4 Å². The summed E-state index contributed by atoms with van der Waals surface area (Å²) in [6.07, 6.45) is 6.61. The summed E-state index contributed by atoms with van der Waals surface area (Å²) < 4.78 is 30.5. The monoisotopic (exact) mass is 515 g/mol. The van der Waals surface area contributed by atoms with Crippen LogP contribution in [0.15, 0.2) is 0 Å². The van der Waals surface area contributed by atoms with E-state index in [-0.39, 0.29) is 54.1 Å². The summed E-state index contributed by atoms with van der Waals surface area (Å²) in [6, 6.07) is 0. The fraction of sp³-hybridized carbons (Fsp3) is 0.962. The minimum Gasteiger partial charge on any atom is -0.393 e. The van der Waals surface area contributed by atoms with Gasteiger partial charge in [-0.15, -0.1) is 0 Å². The van der Waals surface area contributed by atoms with Crippen molar-refractivity contribution in [3.05, 3.63) is 0 Å². The van der Waals surface area contributed by atoms with E-state index in [2.05, 4.69) is 26.1 Å². The summed E-state index contributed by atoms with van der Waals surface area (Å²) in [7, 11) is -4.10. The molecular formula is C26H45NO7S. The standard InChI is InChI=1S/C26H45NO7S/c1-16(4-7-23(30)27-12-13-35(32,33)34)19-5-6-20-25(19,3)22(29)15-21-24(2)10-9-18(28)14-17(24)8-11-26(20,21)31/h16-22,28-29,31H,4-15H2,1-3H3,(H,27,30)(H,32,33,34)/t16-,17-,18+,19+,20+,21-,22-,24-,25+,26-/m0/s1. The van der Waals surface area contributed by atoms with Gasteiger partial charge in [-0.05, 0) is 92.8 Å². The first-order valence-electron chi connectivity index (χ1n) is 13.5. The molecule has 8 nitrogen and oxygen atoms in total. The molecule has 0 aromatic rings. The van der Waals surface area contributed by atoms with Crippen LogP contribution in [-0.2, 0) is 14.9 Å². The lowest BCUT2D eigenvalue weighted by molar-refractivity contribution is -0.254. The number of fused-ring (bicyclic) bond motifs is 5. The van der Waals surface area contributed by atoms with Crippen molar-refractivity contribution in [1.82, 2.24) is 5.32 Å². The molecule has 4 saturated carbocycles. The van der Waals surface area contributed by atoms with Crippen molar-refractivity contribution in [3.63, 3.8) is 0 Å². The molecule has 9 heteroatoms. The lowest BCUT2D eigenvalue weighted by atomic mass is 9.42. The molecular weight excluding hydrogens is 470 g/mol. The SMILES string of the molecule is C[C@@H](CCC(=O)NCCS(=O)(=O)O)[C@H]1CC[C@H]2[C@@]3(O)CC[C@H]4C[C@H](O)CC[C@]4(C)[C@@H]3C[C@H](O)[C@]12C. The van der Waals surface area contributed by atoms with E-state index < -0.39 is 33.0 Å². The molecule has 0 aromatic carbocycles. The van der Waals surface area contributed by atoms with Gasteiger partial charge >= 0.3 is 0 Å². The van der Waals surface area contributed by atoms with Gasteiger partial charge in [-0.2, -0.15) is 8.42 Å². The molecule has 0 heterocycles. The highest BCUT2D eigenvalue weighted by molar-refractivity contribution is 7.85. The zero-order valence-corrected chi connectivity index (χ0v) is 22.3. The smallest absolute Gasteiger partial charge is 0.266 e. The van der Waals surface area contributed by atoms with Gasteiger partial charge in [0, 0.05) is 18.4 Å². The Morgan fingerprint density at radius 2 is 1.77 bits per heavy atom. The number of nitrogens with one attached hydrogen (secondary N) is 1. The zero-order valence-electron chi connectivity index (χ0n) is 21.4. The Bertz CT molecular complexity index is 911. The molecule has 1 amide bonds. The Labute approximate surface area is 210 Å². The molecule has 202 valence electrons. The molecule has 5 N–H and O–H groups in total. The highest BCUT2D eigenvalue weighted by atomic mass is 32.2. The third-order valence-electron chi connectivity index (χ3n) is 11.1. The van der Waals surface area contributed by atoms with Gasteiger partial charge < -0.3 is 20.6 Å². The molecule has 0 aliphatic heterocycles. The van der Waals surface area contributed by atoms with Gasteiger partial charge in [0.05, 0.1) is 23.6 Å². The summed E-state index contributed by atoms with van der Waals surface area (Å²) in [5.74, 6) is 0.0702. The molecule has 0 saturated heterocycles. The Morgan fingerprint density at radius 3 is 2.46 bits per heavy atom. The maximum atomic E-state index is 12.3. The maximum absolute atomic E-state index is 12.3. The molecule has 0 unspecified atom stereocenters. The van der Waals surface area contributed by atoms with Crippen LogP contribution in [-0.4, -0.2) is 64.3 Å². The van der Waals surface area contributed by atoms with E-state index in [1.807, 2.05) is 0 Å². The van der Waals surface area contributed by atoms with Gasteiger partial charge in [0.15, 0.2) is 0 Å². The van der Waals surface area contributed by atoms with Crippen LogP contribution in [0.4, 0.5) is 0 Å². The van der Waals surface area contributed by atoms with Crippen molar-refractivity contribution in [3.8, 4) is 0 Å². The Morgan fingerprint density at radius 1 is 1.06 bits per heavy atom. The Hall–Kier alpha value is -0.740. The molecule has 4 aliphatic carbocycles. The van der Waals surface area contributed by atoms with Gasteiger partial charge in [0.2, 0.25) is 5.91 Å². The van der Waals surface area contributed by atoms with Crippen LogP contribution >= 0.6 is 0 Å². The highest BCUT2D eigenvalue weighted by Crippen LogP contribution is 2.69. The van der Waals surface area contributed by atoms with Crippen molar-refractivity contribution >= 4 is 16.0 Å². The van der Waals surface area contributed by atoms with E-state index in [0.717, 1.165) is 44.9 Å². The first-order valence-corrected chi connectivity index (χ1v) is 15.1. The molecule has 0 radical (unpaired) electrons. The van der Waals surface area contributed by atoms with E-state index in [1.54, 1.807) is 0 Å². The number of hydrogen-bond donors (Lipinski definition) is 5. The van der Waals surface area contributed by atoms with Crippen molar-refractivity contribution in [2.45, 2.75) is 103 Å². The van der Waals surface area contributed by atoms with E-state index >= 15 is 0 Å². The number of hydrogen-bond acceptors (Lipinski definition) is 6. The number of carbonyl (C=O) groups is 1. The average Bonchev–Trinajstić information content (AvgIpc) is 3.14. The summed E-state index contributed by atoms with van der Waals surface area (Å²) in [5.41, 5.74) is -1.27. The number of aliphatic hydroxyl groups excluding tert-OH is 2. The topological polar surface area (TPSA) is 144 Å². The third kappa shape index (κ3) is 4.80. The quantitative estimate of drug-likeness (QED) is 0.328. The Kier molecular flexibility index (Phi) is 7.43. The predicted molar refractivity (Wildman–Crippen MR) is 132 cm³/mol. The fourth-order valence-corrected chi connectivity index (χ4v) is 9.54. The van der Waals surface area contributed by atoms with Gasteiger partial charge in [-0.3, -0.25) is 9.35 Å². The first kappa shape index (κ1) is 27.3. The summed E-state index contributed by atoms with van der Waals surface area (Å²) in [6.45, 7) is 6.44. The molecule has 0 spiro atoms. The molecule has 10 atom stereocenters. The Balaban J connectivity index is 1.44. The van der Waals surface area contributed by atoms with Crippen LogP contribution in [0, 0.1) is 40.4 Å². The summed E-state index contributed by atoms with van der Waals surface area (Å²) in [4.78, 5) is 12.2. The normalized spacial score (nSPS) is 46.3. The number of aliphatic hydroxyl groups is 3. The largest absolute Gasteiger partial charge is 0.393 e. The molecule has 4 aliphatic rings. The third-order valence-corrected chi connectivity index (χ3v) is 11.8. The second kappa shape index (κ2) is 9.53. The molecule has 4 rings (SSSR count). The molecule has 4 fully saturated rings. The van der Waals surface area contributed by atoms with Gasteiger partial charge in [0.1, 0.15) is 0 Å². The minimum absolute atomic E-state index is 0.0180. The van der Waals surface area contributed by atoms with E-state index in [9.17, 15) is 28.5 Å². The molecule has 0 aromatic heterocycles. The fourth-order valence-electron chi connectivity index (χ4n) is 9.18. The number of carbonyl (C=O) groups excluding carboxylic acids is 1. The predicted octanol–water partition coefficient (Wildman–Crippen LogP) is 2.51. The van der Waals surface area contributed by atoms with E-state index in [4.69, 9.17) is 4.55 Å². The van der Waals surface area contributed by atoms with Crippen LogP contribution < -0.4 is 5.32 Å². The van der Waals surface area contributed by atoms with Gasteiger partial charge in [-0.1, -0.05) is 20.8 Å². The first-order chi connectivity index (χ1) is 16.2. The van der Waals surface area contributed by atoms with Gasteiger partial charge in [0.25, 0.3) is 10.1 Å². The maximum Gasteiger partial charge on any atom is 0.266 e. The highest BCUT2D eigenvalue weighted by Gasteiger charge is 2.69. The second-order valence-electron chi connectivity index (χ2n) is 12.7. The van der Waals surface area contributed by atoms with Crippen LogP contribution in [0.5, 0.6) is 0 Å². The van der Waals surface area contributed by atoms with Crippen molar-refractivity contribution < 1.29 is 33.1 Å². The summed E-state index contributed by atoms with van der Waals surface area (Å²) >= 11 is 0. The van der Waals surface area contributed by atoms with Crippen molar-refractivity contribution in [1.29, 1.82) is 0 Å². The second-order valence-corrected chi connectivity index (χ2v) is 14.3. The van der Waals surface area contributed by atoms with Crippen LogP contribution in [0.2, 0.25) is 0 Å². The number of amides is 1. The summed E-state index contributed by atoms with van der Waals surface area (Å²) in [5, 5.41) is 36.7. The lowest BCUT2D eigenvalue weighted by Gasteiger charge is -2.65. The van der Waals surface area contributed by atoms with Gasteiger partial charge in [-0.25, -0.2) is 0 Å². The molecule has 35 heavy (non-hydrogen) atoms. The van der Waals surface area contributed by atoms with Crippen LogP contribution in [0.25, 0.3) is 0 Å². The zero-order chi connectivity index (χ0) is 25.8. The van der Waals surface area contributed by atoms with E-state index in [1.165, 1.54) is 0 Å². The minimum atomic E-state index is -4.10. The average molecular weight is 516 g/mol. The molecule has 0 bridgehead atoms. The van der Waals surface area contributed by atoms with Crippen LogP contribution in [0.1, 0.15) is 85.0 Å². The van der Waals surface area contributed by atoms with Crippen LogP contribution in [0.3, 0.4) is 0 Å².